The highest BCUT2D eigenvalue weighted by molar-refractivity contribution is 5.88. The third-order valence-electron chi connectivity index (χ3n) is 3.42. The normalized spacial score (nSPS) is 10.5. The van der Waals surface area contributed by atoms with E-state index in [0.717, 1.165) is 5.56 Å². The minimum atomic E-state index is -0.611. The molecule has 5 nitrogen and oxygen atoms in total. The van der Waals surface area contributed by atoms with E-state index in [1.807, 2.05) is 30.3 Å². The Morgan fingerprint density at radius 3 is 2.56 bits per heavy atom. The van der Waals surface area contributed by atoms with Crippen LogP contribution in [-0.4, -0.2) is 24.2 Å². The van der Waals surface area contributed by atoms with Crippen LogP contribution < -0.4 is 4.74 Å². The van der Waals surface area contributed by atoms with E-state index in [2.05, 4.69) is 4.98 Å². The van der Waals surface area contributed by atoms with Crippen LogP contribution in [0.5, 0.6) is 5.75 Å². The summed E-state index contributed by atoms with van der Waals surface area (Å²) in [4.78, 5) is 16.3. The number of nitrogens with zero attached hydrogens (tertiary/aromatic N) is 1. The van der Waals surface area contributed by atoms with Crippen LogP contribution in [0.2, 0.25) is 0 Å². The molecule has 0 spiro atoms. The molecule has 0 aliphatic carbocycles. The van der Waals surface area contributed by atoms with Gasteiger partial charge in [0.25, 0.3) is 0 Å². The van der Waals surface area contributed by atoms with Crippen molar-refractivity contribution in [3.8, 4) is 17.2 Å². The van der Waals surface area contributed by atoms with Gasteiger partial charge in [0.15, 0.2) is 17.3 Å². The number of aromatic nitrogens is 1. The fraction of sp³-hybridized carbons (Fsp3) is 0.158. The number of carbonyl (C=O) groups is 1. The van der Waals surface area contributed by atoms with Gasteiger partial charge in [-0.2, -0.15) is 0 Å². The van der Waals surface area contributed by atoms with Crippen molar-refractivity contribution in [3.63, 3.8) is 0 Å². The molecule has 0 bridgehead atoms. The van der Waals surface area contributed by atoms with Gasteiger partial charge in [-0.1, -0.05) is 30.3 Å². The van der Waals surface area contributed by atoms with Gasteiger partial charge in [-0.25, -0.2) is 14.2 Å². The molecule has 0 saturated heterocycles. The predicted octanol–water partition coefficient (Wildman–Crippen LogP) is 4.02. The fourth-order valence-corrected chi connectivity index (χ4v) is 2.21. The zero-order valence-electron chi connectivity index (χ0n) is 13.6. The van der Waals surface area contributed by atoms with Crippen molar-refractivity contribution in [1.29, 1.82) is 0 Å². The first kappa shape index (κ1) is 16.7. The minimum absolute atomic E-state index is 0.0276. The maximum atomic E-state index is 13.4. The quantitative estimate of drug-likeness (QED) is 0.500. The van der Waals surface area contributed by atoms with E-state index >= 15 is 0 Å². The lowest BCUT2D eigenvalue weighted by atomic mass is 10.2. The second-order valence-corrected chi connectivity index (χ2v) is 5.20. The van der Waals surface area contributed by atoms with Gasteiger partial charge in [-0.05, 0) is 31.2 Å². The second-order valence-electron chi connectivity index (χ2n) is 5.20. The molecule has 0 N–H and O–H groups in total. The van der Waals surface area contributed by atoms with E-state index in [0.29, 0.717) is 11.7 Å². The first-order valence-corrected chi connectivity index (χ1v) is 7.72. The molecule has 0 atom stereocenters. The highest BCUT2D eigenvalue weighted by Crippen LogP contribution is 2.22. The first-order chi connectivity index (χ1) is 12.1. The summed E-state index contributed by atoms with van der Waals surface area (Å²) in [6.07, 6.45) is 0. The van der Waals surface area contributed by atoms with E-state index in [-0.39, 0.29) is 24.7 Å². The molecular formula is C19H16FNO4. The highest BCUT2D eigenvalue weighted by Gasteiger charge is 2.19. The van der Waals surface area contributed by atoms with Gasteiger partial charge in [0.05, 0.1) is 0 Å². The Morgan fingerprint density at radius 2 is 1.80 bits per heavy atom. The van der Waals surface area contributed by atoms with Gasteiger partial charge in [0.1, 0.15) is 19.0 Å². The molecule has 2 aromatic carbocycles. The molecule has 1 heterocycles. The number of rotatable bonds is 6. The number of halogens is 1. The van der Waals surface area contributed by atoms with Crippen LogP contribution in [0.15, 0.2) is 59.0 Å². The van der Waals surface area contributed by atoms with Crippen LogP contribution >= 0.6 is 0 Å². The Hall–Kier alpha value is -3.15. The fourth-order valence-electron chi connectivity index (χ4n) is 2.21. The number of esters is 1. The van der Waals surface area contributed by atoms with E-state index in [4.69, 9.17) is 13.9 Å². The molecule has 128 valence electrons. The van der Waals surface area contributed by atoms with Crippen LogP contribution in [-0.2, 0) is 4.74 Å². The van der Waals surface area contributed by atoms with E-state index in [1.165, 1.54) is 12.1 Å². The van der Waals surface area contributed by atoms with Gasteiger partial charge >= 0.3 is 5.97 Å². The molecule has 6 heteroatoms. The standard InChI is InChI=1S/C19H16FNO4/c1-13-17(21-18(25-13)14-7-3-2-4-8-14)19(22)24-12-11-23-16-10-6-5-9-15(16)20/h2-10H,11-12H2,1H3. The molecule has 0 aliphatic heterocycles. The third kappa shape index (κ3) is 4.03. The van der Waals surface area contributed by atoms with Crippen molar-refractivity contribution >= 4 is 5.97 Å². The number of hydrogen-bond acceptors (Lipinski definition) is 5. The average molecular weight is 341 g/mol. The first-order valence-electron chi connectivity index (χ1n) is 7.72. The topological polar surface area (TPSA) is 61.6 Å². The molecule has 3 rings (SSSR count). The minimum Gasteiger partial charge on any atom is -0.487 e. The number of para-hydroxylation sites is 1. The lowest BCUT2D eigenvalue weighted by molar-refractivity contribution is 0.0440. The molecule has 0 saturated carbocycles. The van der Waals surface area contributed by atoms with Crippen molar-refractivity contribution in [1.82, 2.24) is 4.98 Å². The lowest BCUT2D eigenvalue weighted by Crippen LogP contribution is -2.13. The van der Waals surface area contributed by atoms with Crippen molar-refractivity contribution in [2.75, 3.05) is 13.2 Å². The molecule has 25 heavy (non-hydrogen) atoms. The number of benzene rings is 2. The van der Waals surface area contributed by atoms with Crippen LogP contribution in [0.25, 0.3) is 11.5 Å². The highest BCUT2D eigenvalue weighted by atomic mass is 19.1. The van der Waals surface area contributed by atoms with Crippen LogP contribution in [0, 0.1) is 12.7 Å². The molecule has 0 aliphatic rings. The molecule has 0 unspecified atom stereocenters. The zero-order valence-corrected chi connectivity index (χ0v) is 13.6. The maximum Gasteiger partial charge on any atom is 0.360 e. The summed E-state index contributed by atoms with van der Waals surface area (Å²) >= 11 is 0. The van der Waals surface area contributed by atoms with Crippen LogP contribution in [0.4, 0.5) is 4.39 Å². The average Bonchev–Trinajstić information content (AvgIpc) is 3.02. The summed E-state index contributed by atoms with van der Waals surface area (Å²) in [7, 11) is 0. The monoisotopic (exact) mass is 341 g/mol. The van der Waals surface area contributed by atoms with Crippen molar-refractivity contribution in [2.45, 2.75) is 6.92 Å². The largest absolute Gasteiger partial charge is 0.487 e. The van der Waals surface area contributed by atoms with Crippen LogP contribution in [0.1, 0.15) is 16.2 Å². The second kappa shape index (κ2) is 7.61. The van der Waals surface area contributed by atoms with Crippen molar-refractivity contribution in [3.05, 3.63) is 71.9 Å². The Kier molecular flexibility index (Phi) is 5.09. The third-order valence-corrected chi connectivity index (χ3v) is 3.42. The summed E-state index contributed by atoms with van der Waals surface area (Å²) in [6.45, 7) is 1.65. The SMILES string of the molecule is Cc1oc(-c2ccccc2)nc1C(=O)OCCOc1ccccc1F. The Balaban J connectivity index is 1.57. The van der Waals surface area contributed by atoms with E-state index in [1.54, 1.807) is 19.1 Å². The van der Waals surface area contributed by atoms with Gasteiger partial charge in [0.2, 0.25) is 5.89 Å². The Labute approximate surface area is 144 Å². The summed E-state index contributed by atoms with van der Waals surface area (Å²) in [6, 6.07) is 15.3. The smallest absolute Gasteiger partial charge is 0.360 e. The van der Waals surface area contributed by atoms with Gasteiger partial charge in [0, 0.05) is 5.56 Å². The van der Waals surface area contributed by atoms with Gasteiger partial charge < -0.3 is 13.9 Å². The molecule has 0 amide bonds. The van der Waals surface area contributed by atoms with Crippen molar-refractivity contribution < 1.29 is 23.1 Å². The van der Waals surface area contributed by atoms with Gasteiger partial charge in [-0.3, -0.25) is 0 Å². The van der Waals surface area contributed by atoms with Crippen LogP contribution in [0.3, 0.4) is 0 Å². The van der Waals surface area contributed by atoms with E-state index in [9.17, 15) is 9.18 Å². The lowest BCUT2D eigenvalue weighted by Gasteiger charge is -2.07. The Bertz CT molecular complexity index is 861. The summed E-state index contributed by atoms with van der Waals surface area (Å²) in [5.74, 6) is -0.233. The number of aryl methyl sites for hydroxylation is 1. The zero-order chi connectivity index (χ0) is 17.6. The molecule has 1 aromatic heterocycles. The molecular weight excluding hydrogens is 325 g/mol. The number of oxazole rings is 1. The summed E-state index contributed by atoms with van der Waals surface area (Å²) < 4.78 is 29.3. The summed E-state index contributed by atoms with van der Waals surface area (Å²) in [5, 5.41) is 0. The number of carbonyl (C=O) groups excluding carboxylic acids is 1. The number of ether oxygens (including phenoxy) is 2. The predicted molar refractivity (Wildman–Crippen MR) is 88.9 cm³/mol. The maximum absolute atomic E-state index is 13.4. The van der Waals surface area contributed by atoms with Crippen molar-refractivity contribution in [2.24, 2.45) is 0 Å². The molecule has 0 fully saturated rings. The number of hydrogen-bond donors (Lipinski definition) is 0. The Morgan fingerprint density at radius 1 is 1.08 bits per heavy atom. The molecule has 3 aromatic rings. The molecule has 0 radical (unpaired) electrons. The van der Waals surface area contributed by atoms with Gasteiger partial charge in [-0.15, -0.1) is 0 Å². The van der Waals surface area contributed by atoms with E-state index < -0.39 is 11.8 Å². The summed E-state index contributed by atoms with van der Waals surface area (Å²) in [5.41, 5.74) is 0.886.